The van der Waals surface area contributed by atoms with E-state index < -0.39 is 0 Å². The van der Waals surface area contributed by atoms with E-state index in [-0.39, 0.29) is 0 Å². The lowest BCUT2D eigenvalue weighted by molar-refractivity contribution is 0.933. The summed E-state index contributed by atoms with van der Waals surface area (Å²) in [6.07, 6.45) is 6.60. The fourth-order valence-corrected chi connectivity index (χ4v) is 1.98. The zero-order chi connectivity index (χ0) is 12.1. The van der Waals surface area contributed by atoms with Gasteiger partial charge in [-0.3, -0.25) is 0 Å². The maximum Gasteiger partial charge on any atom is 0.255 e. The van der Waals surface area contributed by atoms with Gasteiger partial charge >= 0.3 is 0 Å². The van der Waals surface area contributed by atoms with Gasteiger partial charge in [-0.25, -0.2) is 0 Å². The van der Waals surface area contributed by atoms with Gasteiger partial charge in [-0.05, 0) is 0 Å². The molecule has 0 spiro atoms. The van der Waals surface area contributed by atoms with Crippen molar-refractivity contribution >= 4 is 35.0 Å². The Morgan fingerprint density at radius 1 is 1.59 bits per heavy atom. The molecule has 5 nitrogen and oxygen atoms in total. The molecule has 7 heteroatoms. The summed E-state index contributed by atoms with van der Waals surface area (Å²) >= 11 is 7.57. The first-order chi connectivity index (χ1) is 8.31. The Balaban J connectivity index is 2.03. The minimum atomic E-state index is 0.393. The molecule has 2 aromatic heterocycles. The van der Waals surface area contributed by atoms with Gasteiger partial charge in [0, 0.05) is 18.4 Å². The second-order valence-electron chi connectivity index (χ2n) is 3.12. The summed E-state index contributed by atoms with van der Waals surface area (Å²) in [6, 6.07) is 1.72. The molecule has 0 amide bonds. The summed E-state index contributed by atoms with van der Waals surface area (Å²) in [7, 11) is 0. The fourth-order valence-electron chi connectivity index (χ4n) is 1.29. The Morgan fingerprint density at radius 2 is 2.47 bits per heavy atom. The number of aromatic nitrogens is 4. The van der Waals surface area contributed by atoms with Crippen LogP contribution in [0, 0.1) is 12.3 Å². The molecule has 2 rings (SSSR count). The van der Waals surface area contributed by atoms with E-state index in [1.807, 2.05) is 0 Å². The summed E-state index contributed by atoms with van der Waals surface area (Å²) in [5, 5.41) is 7.67. The third-order valence-electron chi connectivity index (χ3n) is 1.96. The first kappa shape index (κ1) is 12.0. The minimum absolute atomic E-state index is 0.393. The van der Waals surface area contributed by atoms with Gasteiger partial charge < -0.3 is 5.32 Å². The van der Waals surface area contributed by atoms with Gasteiger partial charge in [0.25, 0.3) is 5.78 Å². The normalized spacial score (nSPS) is 10.4. The standard InChI is InChI=1S/C10H10ClN5S/c1-2-4-17-5-3-12-9-6-8(11)15-10-13-7-14-16(9)10/h1,6-7,12H,3-5H2. The highest BCUT2D eigenvalue weighted by Gasteiger charge is 2.05. The van der Waals surface area contributed by atoms with E-state index in [0.29, 0.717) is 10.9 Å². The van der Waals surface area contributed by atoms with Crippen molar-refractivity contribution in [2.75, 3.05) is 23.4 Å². The Hall–Kier alpha value is -1.45. The topological polar surface area (TPSA) is 55.1 Å². The number of halogens is 1. The lowest BCUT2D eigenvalue weighted by atomic mass is 10.5. The lowest BCUT2D eigenvalue weighted by Crippen LogP contribution is -2.09. The fraction of sp³-hybridized carbons (Fsp3) is 0.300. The number of terminal acetylenes is 1. The second-order valence-corrected chi connectivity index (χ2v) is 4.61. The summed E-state index contributed by atoms with van der Waals surface area (Å²) in [6.45, 7) is 0.779. The molecule has 0 aliphatic heterocycles. The Morgan fingerprint density at radius 3 is 3.29 bits per heavy atom. The molecule has 1 N–H and O–H groups in total. The van der Waals surface area contributed by atoms with Crippen molar-refractivity contribution in [2.24, 2.45) is 0 Å². The van der Waals surface area contributed by atoms with Gasteiger partial charge in [-0.15, -0.1) is 18.2 Å². The van der Waals surface area contributed by atoms with Gasteiger partial charge in [0.2, 0.25) is 0 Å². The van der Waals surface area contributed by atoms with E-state index in [9.17, 15) is 0 Å². The van der Waals surface area contributed by atoms with Crippen LogP contribution in [-0.4, -0.2) is 37.6 Å². The molecule has 2 heterocycles. The number of fused-ring (bicyclic) bond motifs is 1. The van der Waals surface area contributed by atoms with E-state index in [0.717, 1.165) is 23.9 Å². The summed E-state index contributed by atoms with van der Waals surface area (Å²) in [5.41, 5.74) is 0. The van der Waals surface area contributed by atoms with Crippen LogP contribution in [0.1, 0.15) is 0 Å². The smallest absolute Gasteiger partial charge is 0.255 e. The van der Waals surface area contributed by atoms with E-state index in [2.05, 4.69) is 26.3 Å². The predicted octanol–water partition coefficient (Wildman–Crippen LogP) is 1.56. The quantitative estimate of drug-likeness (QED) is 0.506. The molecule has 0 aliphatic rings. The van der Waals surface area contributed by atoms with Gasteiger partial charge in [0.05, 0.1) is 5.75 Å². The molecule has 0 atom stereocenters. The maximum absolute atomic E-state index is 5.88. The highest BCUT2D eigenvalue weighted by molar-refractivity contribution is 7.99. The number of rotatable bonds is 5. The van der Waals surface area contributed by atoms with Crippen molar-refractivity contribution in [3.05, 3.63) is 17.5 Å². The SMILES string of the molecule is C#CCSCCNc1cc(Cl)nc2ncnn12. The van der Waals surface area contributed by atoms with Crippen molar-refractivity contribution in [3.8, 4) is 12.3 Å². The third kappa shape index (κ3) is 3.02. The van der Waals surface area contributed by atoms with Crippen LogP contribution in [0.3, 0.4) is 0 Å². The molecular formula is C10H10ClN5S. The van der Waals surface area contributed by atoms with Crippen molar-refractivity contribution in [2.45, 2.75) is 0 Å². The largest absolute Gasteiger partial charge is 0.369 e. The van der Waals surface area contributed by atoms with Crippen LogP contribution in [0.2, 0.25) is 5.15 Å². The Kier molecular flexibility index (Phi) is 4.07. The number of anilines is 1. The van der Waals surface area contributed by atoms with Crippen molar-refractivity contribution in [1.29, 1.82) is 0 Å². The number of thioether (sulfide) groups is 1. The summed E-state index contributed by atoms with van der Waals surface area (Å²) < 4.78 is 1.61. The number of nitrogens with one attached hydrogen (secondary N) is 1. The van der Waals surface area contributed by atoms with Gasteiger partial charge in [0.15, 0.2) is 0 Å². The summed E-state index contributed by atoms with van der Waals surface area (Å²) in [4.78, 5) is 8.02. The van der Waals surface area contributed by atoms with Crippen molar-refractivity contribution in [3.63, 3.8) is 0 Å². The monoisotopic (exact) mass is 267 g/mol. The molecule has 0 saturated heterocycles. The van der Waals surface area contributed by atoms with Crippen LogP contribution in [0.4, 0.5) is 5.82 Å². The Bertz CT molecular complexity index is 547. The molecule has 2 aromatic rings. The van der Waals surface area contributed by atoms with Crippen LogP contribution in [0.15, 0.2) is 12.4 Å². The van der Waals surface area contributed by atoms with Crippen molar-refractivity contribution < 1.29 is 0 Å². The average molecular weight is 268 g/mol. The minimum Gasteiger partial charge on any atom is -0.369 e. The molecule has 0 aliphatic carbocycles. The van der Waals surface area contributed by atoms with Gasteiger partial charge in [-0.1, -0.05) is 17.5 Å². The maximum atomic E-state index is 5.88. The second kappa shape index (κ2) is 5.75. The van der Waals surface area contributed by atoms with E-state index in [4.69, 9.17) is 18.0 Å². The van der Waals surface area contributed by atoms with Crippen molar-refractivity contribution in [1.82, 2.24) is 19.6 Å². The van der Waals surface area contributed by atoms with Crippen LogP contribution in [0.5, 0.6) is 0 Å². The number of hydrogen-bond donors (Lipinski definition) is 1. The van der Waals surface area contributed by atoms with E-state index in [1.165, 1.54) is 6.33 Å². The van der Waals surface area contributed by atoms with E-state index in [1.54, 1.807) is 22.3 Å². The van der Waals surface area contributed by atoms with Crippen LogP contribution in [-0.2, 0) is 0 Å². The first-order valence-corrected chi connectivity index (χ1v) is 6.46. The molecule has 17 heavy (non-hydrogen) atoms. The molecular weight excluding hydrogens is 258 g/mol. The lowest BCUT2D eigenvalue weighted by Gasteiger charge is -2.07. The molecule has 0 unspecified atom stereocenters. The van der Waals surface area contributed by atoms with Gasteiger partial charge in [0.1, 0.15) is 17.3 Å². The summed E-state index contributed by atoms with van der Waals surface area (Å²) in [5.74, 6) is 5.47. The number of hydrogen-bond acceptors (Lipinski definition) is 5. The number of nitrogens with zero attached hydrogens (tertiary/aromatic N) is 4. The van der Waals surface area contributed by atoms with Crippen LogP contribution in [0.25, 0.3) is 5.78 Å². The molecule has 0 fully saturated rings. The Labute approximate surface area is 108 Å². The molecule has 0 saturated carbocycles. The molecule has 88 valence electrons. The van der Waals surface area contributed by atoms with E-state index >= 15 is 0 Å². The highest BCUT2D eigenvalue weighted by atomic mass is 35.5. The van der Waals surface area contributed by atoms with Crippen LogP contribution >= 0.6 is 23.4 Å². The first-order valence-electron chi connectivity index (χ1n) is 4.92. The average Bonchev–Trinajstić information content (AvgIpc) is 2.76. The predicted molar refractivity (Wildman–Crippen MR) is 70.4 cm³/mol. The zero-order valence-corrected chi connectivity index (χ0v) is 10.5. The highest BCUT2D eigenvalue weighted by Crippen LogP contribution is 2.14. The molecule has 0 bridgehead atoms. The molecule has 0 radical (unpaired) electrons. The molecule has 0 aromatic carbocycles. The zero-order valence-electron chi connectivity index (χ0n) is 8.93. The third-order valence-corrected chi connectivity index (χ3v) is 3.02. The van der Waals surface area contributed by atoms with Crippen LogP contribution < -0.4 is 5.32 Å². The van der Waals surface area contributed by atoms with Gasteiger partial charge in [-0.2, -0.15) is 19.6 Å².